The summed E-state index contributed by atoms with van der Waals surface area (Å²) < 4.78 is 43.1. The fourth-order valence-electron chi connectivity index (χ4n) is 3.59. The molecule has 1 aliphatic heterocycles. The Balaban J connectivity index is 1.39. The highest BCUT2D eigenvalue weighted by Gasteiger charge is 2.39. The summed E-state index contributed by atoms with van der Waals surface area (Å²) in [5, 5.41) is 12.0. The van der Waals surface area contributed by atoms with Crippen LogP contribution in [0.5, 0.6) is 0 Å². The van der Waals surface area contributed by atoms with Gasteiger partial charge in [-0.15, -0.1) is 0 Å². The summed E-state index contributed by atoms with van der Waals surface area (Å²) in [6.45, 7) is 3.66. The molecule has 1 unspecified atom stereocenters. The number of carbonyl (C=O) groups excluding carboxylic acids is 2. The molecule has 178 valence electrons. The number of nitrogens with zero attached hydrogens (tertiary/aromatic N) is 1. The minimum Gasteiger partial charge on any atom is -0.445 e. The second-order valence-electron chi connectivity index (χ2n) is 8.25. The number of piperidine rings is 1. The Hall–Kier alpha value is -3.07. The average molecular weight is 464 g/mol. The number of likely N-dealkylation sites (tertiary alicyclic amines) is 1. The Labute approximate surface area is 190 Å². The first-order valence-corrected chi connectivity index (χ1v) is 10.7. The van der Waals surface area contributed by atoms with Crippen molar-refractivity contribution >= 4 is 12.0 Å². The van der Waals surface area contributed by atoms with Crippen LogP contribution in [0.1, 0.15) is 46.0 Å². The molecule has 0 saturated carbocycles. The van der Waals surface area contributed by atoms with Gasteiger partial charge in [0.15, 0.2) is 6.10 Å². The van der Waals surface area contributed by atoms with E-state index >= 15 is 0 Å². The van der Waals surface area contributed by atoms with Crippen molar-refractivity contribution in [3.05, 3.63) is 70.8 Å². The van der Waals surface area contributed by atoms with Crippen molar-refractivity contribution in [1.82, 2.24) is 10.2 Å². The van der Waals surface area contributed by atoms with Crippen LogP contribution in [0.4, 0.5) is 18.0 Å². The van der Waals surface area contributed by atoms with Crippen molar-refractivity contribution in [2.45, 2.75) is 38.7 Å². The number of rotatable bonds is 6. The minimum atomic E-state index is -4.76. The molecule has 0 spiro atoms. The number of amides is 2. The van der Waals surface area contributed by atoms with Crippen LogP contribution in [-0.2, 0) is 11.3 Å². The number of halogens is 3. The molecule has 6 nitrogen and oxygen atoms in total. The number of hydrogen-bond acceptors (Lipinski definition) is 4. The van der Waals surface area contributed by atoms with E-state index in [2.05, 4.69) is 5.32 Å². The van der Waals surface area contributed by atoms with Gasteiger partial charge in [-0.25, -0.2) is 4.79 Å². The Morgan fingerprint density at radius 2 is 1.70 bits per heavy atom. The van der Waals surface area contributed by atoms with E-state index in [1.807, 2.05) is 31.2 Å². The molecule has 2 aromatic rings. The molecule has 0 aliphatic carbocycles. The van der Waals surface area contributed by atoms with Gasteiger partial charge in [0.25, 0.3) is 5.91 Å². The zero-order valence-corrected chi connectivity index (χ0v) is 18.3. The molecule has 2 N–H and O–H groups in total. The lowest BCUT2D eigenvalue weighted by Gasteiger charge is -2.31. The highest BCUT2D eigenvalue weighted by atomic mass is 19.4. The molecule has 2 amide bonds. The van der Waals surface area contributed by atoms with E-state index in [-0.39, 0.29) is 29.7 Å². The number of benzene rings is 2. The standard InChI is InChI=1S/C24H27F3N2O4/c1-16-2-4-18(5-3-16)15-33-23(32)29-12-10-17(11-13-29)14-28-22(31)20-8-6-19(7-9-20)21(30)24(25,26)27/h2-9,17,21,30H,10-15H2,1H3,(H,28,31). The molecule has 9 heteroatoms. The second-order valence-corrected chi connectivity index (χ2v) is 8.25. The van der Waals surface area contributed by atoms with Crippen LogP contribution in [-0.4, -0.2) is 47.8 Å². The molecule has 1 aliphatic rings. The Morgan fingerprint density at radius 3 is 2.27 bits per heavy atom. The fourth-order valence-corrected chi connectivity index (χ4v) is 3.59. The largest absolute Gasteiger partial charge is 0.445 e. The predicted molar refractivity (Wildman–Crippen MR) is 115 cm³/mol. The lowest BCUT2D eigenvalue weighted by atomic mass is 9.97. The second kappa shape index (κ2) is 10.7. The van der Waals surface area contributed by atoms with Crippen LogP contribution >= 0.6 is 0 Å². The van der Waals surface area contributed by atoms with Gasteiger partial charge in [-0.3, -0.25) is 4.79 Å². The topological polar surface area (TPSA) is 78.9 Å². The monoisotopic (exact) mass is 464 g/mol. The van der Waals surface area contributed by atoms with Gasteiger partial charge in [-0.2, -0.15) is 13.2 Å². The lowest BCUT2D eigenvalue weighted by molar-refractivity contribution is -0.206. The van der Waals surface area contributed by atoms with E-state index in [0.717, 1.165) is 23.3 Å². The van der Waals surface area contributed by atoms with Gasteiger partial charge in [0.2, 0.25) is 0 Å². The van der Waals surface area contributed by atoms with Gasteiger partial charge in [-0.1, -0.05) is 42.0 Å². The number of hydrogen-bond donors (Lipinski definition) is 2. The summed E-state index contributed by atoms with van der Waals surface area (Å²) in [6, 6.07) is 12.5. The van der Waals surface area contributed by atoms with Crippen LogP contribution in [0.2, 0.25) is 0 Å². The summed E-state index contributed by atoms with van der Waals surface area (Å²) in [4.78, 5) is 26.2. The van der Waals surface area contributed by atoms with Crippen LogP contribution in [0.3, 0.4) is 0 Å². The number of alkyl halides is 3. The Kier molecular flexibility index (Phi) is 7.97. The number of ether oxygens (including phenoxy) is 1. The van der Waals surface area contributed by atoms with Crippen molar-refractivity contribution in [3.63, 3.8) is 0 Å². The van der Waals surface area contributed by atoms with Crippen molar-refractivity contribution in [2.75, 3.05) is 19.6 Å². The third-order valence-electron chi connectivity index (χ3n) is 5.71. The minimum absolute atomic E-state index is 0.182. The zero-order valence-electron chi connectivity index (χ0n) is 18.3. The van der Waals surface area contributed by atoms with E-state index in [1.165, 1.54) is 12.1 Å². The van der Waals surface area contributed by atoms with Gasteiger partial charge >= 0.3 is 12.3 Å². The van der Waals surface area contributed by atoms with Crippen LogP contribution < -0.4 is 5.32 Å². The Bertz CT molecular complexity index is 938. The smallest absolute Gasteiger partial charge is 0.418 e. The normalized spacial score (nSPS) is 15.7. The molecule has 1 heterocycles. The maximum absolute atomic E-state index is 12.6. The quantitative estimate of drug-likeness (QED) is 0.666. The molecule has 1 saturated heterocycles. The fraction of sp³-hybridized carbons (Fsp3) is 0.417. The highest BCUT2D eigenvalue weighted by Crippen LogP contribution is 2.32. The van der Waals surface area contributed by atoms with Crippen LogP contribution in [0.25, 0.3) is 0 Å². The van der Waals surface area contributed by atoms with E-state index in [0.29, 0.717) is 32.5 Å². The molecule has 2 aromatic carbocycles. The van der Waals surface area contributed by atoms with Crippen molar-refractivity contribution in [1.29, 1.82) is 0 Å². The number of nitrogens with one attached hydrogen (secondary N) is 1. The van der Waals surface area contributed by atoms with E-state index in [1.54, 1.807) is 4.90 Å². The number of aryl methyl sites for hydroxylation is 1. The summed E-state index contributed by atoms with van der Waals surface area (Å²) >= 11 is 0. The molecular weight excluding hydrogens is 437 g/mol. The third-order valence-corrected chi connectivity index (χ3v) is 5.71. The molecule has 1 atom stereocenters. The maximum atomic E-state index is 12.6. The van der Waals surface area contributed by atoms with E-state index in [4.69, 9.17) is 4.74 Å². The zero-order chi connectivity index (χ0) is 24.0. The van der Waals surface area contributed by atoms with Gasteiger partial charge in [0, 0.05) is 25.2 Å². The first kappa shape index (κ1) is 24.6. The summed E-state index contributed by atoms with van der Waals surface area (Å²) in [5.41, 5.74) is 1.95. The average Bonchev–Trinajstić information content (AvgIpc) is 2.81. The number of aliphatic hydroxyl groups is 1. The molecular formula is C24H27F3N2O4. The van der Waals surface area contributed by atoms with Crippen molar-refractivity contribution in [2.24, 2.45) is 5.92 Å². The van der Waals surface area contributed by atoms with Gasteiger partial charge in [-0.05, 0) is 48.9 Å². The van der Waals surface area contributed by atoms with Gasteiger partial charge in [0.05, 0.1) is 0 Å². The van der Waals surface area contributed by atoms with E-state index in [9.17, 15) is 27.9 Å². The maximum Gasteiger partial charge on any atom is 0.418 e. The SMILES string of the molecule is Cc1ccc(COC(=O)N2CCC(CNC(=O)c3ccc(C(O)C(F)(F)F)cc3)CC2)cc1. The highest BCUT2D eigenvalue weighted by molar-refractivity contribution is 5.94. The molecule has 0 radical (unpaired) electrons. The van der Waals surface area contributed by atoms with Crippen LogP contribution in [0.15, 0.2) is 48.5 Å². The first-order valence-electron chi connectivity index (χ1n) is 10.7. The molecule has 0 aromatic heterocycles. The molecule has 0 bridgehead atoms. The molecule has 3 rings (SSSR count). The van der Waals surface area contributed by atoms with E-state index < -0.39 is 18.2 Å². The summed E-state index contributed by atoms with van der Waals surface area (Å²) in [5.74, 6) is -0.218. The van der Waals surface area contributed by atoms with Gasteiger partial charge in [0.1, 0.15) is 6.61 Å². The Morgan fingerprint density at radius 1 is 1.09 bits per heavy atom. The summed E-state index contributed by atoms with van der Waals surface area (Å²) in [6.07, 6.45) is -6.29. The van der Waals surface area contributed by atoms with Crippen LogP contribution in [0, 0.1) is 12.8 Å². The van der Waals surface area contributed by atoms with Crippen molar-refractivity contribution < 1.29 is 32.6 Å². The molecule has 1 fully saturated rings. The van der Waals surface area contributed by atoms with Crippen molar-refractivity contribution in [3.8, 4) is 0 Å². The number of aliphatic hydroxyl groups excluding tert-OH is 1. The number of carbonyl (C=O) groups is 2. The van der Waals surface area contributed by atoms with Gasteiger partial charge < -0.3 is 20.1 Å². The predicted octanol–water partition coefficient (Wildman–Crippen LogP) is 4.37. The third kappa shape index (κ3) is 6.95. The first-order chi connectivity index (χ1) is 15.6. The molecule has 33 heavy (non-hydrogen) atoms. The summed E-state index contributed by atoms with van der Waals surface area (Å²) in [7, 11) is 0. The lowest BCUT2D eigenvalue weighted by Crippen LogP contribution is -2.41.